The van der Waals surface area contributed by atoms with E-state index in [0.717, 1.165) is 98.8 Å². The van der Waals surface area contributed by atoms with Crippen LogP contribution >= 0.6 is 0 Å². The molecule has 0 bridgehead atoms. The van der Waals surface area contributed by atoms with Crippen molar-refractivity contribution in [2.45, 2.75) is 67.7 Å². The fraction of sp³-hybridized carbons (Fsp3) is 0.120. The molecule has 11 aromatic carbocycles. The molecule has 5 aromatic heterocycles. The molecule has 0 radical (unpaired) electrons. The summed E-state index contributed by atoms with van der Waals surface area (Å²) in [4.78, 5) is 32.9. The summed E-state index contributed by atoms with van der Waals surface area (Å²) in [6.07, 6.45) is 1.98. The summed E-state index contributed by atoms with van der Waals surface area (Å²) in [6, 6.07) is 101. The minimum absolute atomic E-state index is 0.0935. The molecule has 0 saturated carbocycles. The lowest BCUT2D eigenvalue weighted by atomic mass is 9.83. The van der Waals surface area contributed by atoms with Gasteiger partial charge in [0.1, 0.15) is 5.78 Å². The van der Waals surface area contributed by atoms with Crippen LogP contribution < -0.4 is 22.9 Å². The van der Waals surface area contributed by atoms with Gasteiger partial charge in [0, 0.05) is 132 Å². The number of anilines is 4. The molecule has 0 spiro atoms. The topological polar surface area (TPSA) is 200 Å². The van der Waals surface area contributed by atoms with Crippen molar-refractivity contribution in [3.05, 3.63) is 331 Å². The van der Waals surface area contributed by atoms with Crippen LogP contribution in [-0.2, 0) is 16.0 Å². The number of nitrogen functional groups attached to an aromatic ring is 4. The molecule has 13 heteroatoms. The van der Waals surface area contributed by atoms with Gasteiger partial charge in [0.15, 0.2) is 5.78 Å². The first-order chi connectivity index (χ1) is 50.8. The van der Waals surface area contributed by atoms with Crippen LogP contribution in [0.2, 0.25) is 0 Å². The number of fused-ring (bicyclic) bond motifs is 7. The van der Waals surface area contributed by atoms with E-state index < -0.39 is 5.97 Å². The molecule has 1 atom stereocenters. The van der Waals surface area contributed by atoms with Crippen molar-refractivity contribution in [1.82, 2.24) is 22.8 Å². The number of carbonyl (C=O) groups is 3. The predicted molar refractivity (Wildman–Crippen MR) is 435 cm³/mol. The molecule has 0 amide bonds. The van der Waals surface area contributed by atoms with Gasteiger partial charge in [0.25, 0.3) is 5.97 Å². The number of aromatic nitrogens is 5. The number of aliphatic carboxylic acids is 1. The van der Waals surface area contributed by atoms with Crippen molar-refractivity contribution in [3.8, 4) is 61.8 Å². The monoisotopic (exact) mass is 1380 g/mol. The standard InChI is InChI=1S/C48H38N4.C18H19NO2.2C12H12N2.C2H4O2/c1-31-25-37-21-23-45-43(27-33(3)49(45)39-15-7-5-8-16-39)47(37)51(31)41-19-11-13-35(29-41)36-14-12-20-42(30-36)52-32(2)26-38-22-24-46-44(48(38)52)28-34(4)50(46)40-17-9-6-10-18-40;1-12-10-16-17(19(12)15-6-4-3-5-7-15)9-8-14(18(16)21)11-13(2)20;2*13-11-5-1-3-9(7-11)10-4-2-6-12(14)8-10;1-2(3)4/h5-30H,1-4H3;3-7,10,14H,8-9,11H2,1-2H3;2*1-8H,13-14H2;1H3,(H,3,4). The number of ketones is 2. The van der Waals surface area contributed by atoms with Crippen molar-refractivity contribution in [1.29, 1.82) is 0 Å². The van der Waals surface area contributed by atoms with E-state index in [-0.39, 0.29) is 17.5 Å². The van der Waals surface area contributed by atoms with E-state index >= 15 is 0 Å². The highest BCUT2D eigenvalue weighted by Crippen LogP contribution is 2.39. The van der Waals surface area contributed by atoms with Crippen LogP contribution in [0.25, 0.3) is 105 Å². The van der Waals surface area contributed by atoms with Crippen molar-refractivity contribution in [2.75, 3.05) is 22.9 Å². The molecule has 17 rings (SSSR count). The summed E-state index contributed by atoms with van der Waals surface area (Å²) < 4.78 is 11.8. The smallest absolute Gasteiger partial charge is 0.300 e. The molecule has 5 heterocycles. The molecule has 0 fully saturated rings. The Morgan fingerprint density at radius 3 is 1.03 bits per heavy atom. The van der Waals surface area contributed by atoms with Crippen LogP contribution in [0.15, 0.2) is 291 Å². The first-order valence-corrected chi connectivity index (χ1v) is 35.3. The van der Waals surface area contributed by atoms with Crippen molar-refractivity contribution < 1.29 is 19.5 Å². The Kier molecular flexibility index (Phi) is 20.5. The minimum Gasteiger partial charge on any atom is -0.481 e. The van der Waals surface area contributed by atoms with Gasteiger partial charge in [-0.05, 0) is 239 Å². The number of aryl methyl sites for hydroxylation is 5. The number of hydrogen-bond donors (Lipinski definition) is 5. The van der Waals surface area contributed by atoms with Gasteiger partial charge in [0.2, 0.25) is 0 Å². The van der Waals surface area contributed by atoms with Gasteiger partial charge in [-0.3, -0.25) is 9.59 Å². The molecule has 522 valence electrons. The maximum Gasteiger partial charge on any atom is 0.300 e. The van der Waals surface area contributed by atoms with Gasteiger partial charge in [-0.15, -0.1) is 0 Å². The van der Waals surface area contributed by atoms with E-state index in [1.165, 1.54) is 88.9 Å². The van der Waals surface area contributed by atoms with E-state index in [4.69, 9.17) is 32.8 Å². The molecule has 9 N–H and O–H groups in total. The summed E-state index contributed by atoms with van der Waals surface area (Å²) in [5.74, 6) is -0.749. The van der Waals surface area contributed by atoms with E-state index in [1.807, 2.05) is 128 Å². The number of hydrogen-bond acceptors (Lipinski definition) is 7. The highest BCUT2D eigenvalue weighted by atomic mass is 16.4. The number of carbonyl (C=O) groups excluding carboxylic acids is 2. The number of Topliss-reactive ketones (excluding diaryl/α,β-unsaturated/α-hetero) is 2. The van der Waals surface area contributed by atoms with E-state index in [1.54, 1.807) is 6.92 Å². The Balaban J connectivity index is 0.000000149. The predicted octanol–water partition coefficient (Wildman–Crippen LogP) is 21.0. The minimum atomic E-state index is -0.833. The van der Waals surface area contributed by atoms with Crippen LogP contribution in [0.1, 0.15) is 71.2 Å². The van der Waals surface area contributed by atoms with Gasteiger partial charge in [-0.1, -0.05) is 140 Å². The van der Waals surface area contributed by atoms with E-state index in [0.29, 0.717) is 6.42 Å². The van der Waals surface area contributed by atoms with Crippen molar-refractivity contribution >= 4 is 83.9 Å². The average molecular weight is 1380 g/mol. The molecule has 1 aliphatic carbocycles. The van der Waals surface area contributed by atoms with Gasteiger partial charge >= 0.3 is 0 Å². The lowest BCUT2D eigenvalue weighted by Gasteiger charge is -2.22. The van der Waals surface area contributed by atoms with Crippen LogP contribution in [0.3, 0.4) is 0 Å². The van der Waals surface area contributed by atoms with Crippen molar-refractivity contribution in [2.24, 2.45) is 5.92 Å². The van der Waals surface area contributed by atoms with Crippen LogP contribution in [0.4, 0.5) is 22.7 Å². The fourth-order valence-corrected chi connectivity index (χ4v) is 14.8. The summed E-state index contributed by atoms with van der Waals surface area (Å²) in [5, 5.41) is 12.4. The fourth-order valence-electron chi connectivity index (χ4n) is 14.8. The first kappa shape index (κ1) is 70.3. The number of para-hydroxylation sites is 3. The molecular weight excluding hydrogens is 1300 g/mol. The van der Waals surface area contributed by atoms with Gasteiger partial charge in [-0.25, -0.2) is 0 Å². The van der Waals surface area contributed by atoms with Gasteiger partial charge in [-0.2, -0.15) is 0 Å². The zero-order valence-corrected chi connectivity index (χ0v) is 60.1. The second kappa shape index (κ2) is 30.6. The van der Waals surface area contributed by atoms with E-state index in [9.17, 15) is 9.59 Å². The first-order valence-electron chi connectivity index (χ1n) is 35.3. The quantitative estimate of drug-likeness (QED) is 0.0833. The largest absolute Gasteiger partial charge is 0.481 e. The number of carboxylic acid groups (broad SMARTS) is 1. The Morgan fingerprint density at radius 1 is 0.362 bits per heavy atom. The van der Waals surface area contributed by atoms with E-state index in [2.05, 4.69) is 220 Å². The number of nitrogens with zero attached hydrogens (tertiary/aromatic N) is 5. The summed E-state index contributed by atoms with van der Waals surface area (Å²) in [7, 11) is 0. The Morgan fingerprint density at radius 2 is 0.676 bits per heavy atom. The second-order valence-electron chi connectivity index (χ2n) is 27.0. The number of carboxylic acids is 1. The lowest BCUT2D eigenvalue weighted by molar-refractivity contribution is -0.134. The number of nitrogens with two attached hydrogens (primary N) is 4. The van der Waals surface area contributed by atoms with Crippen molar-refractivity contribution in [3.63, 3.8) is 0 Å². The second-order valence-corrected chi connectivity index (χ2v) is 27.0. The van der Waals surface area contributed by atoms with Gasteiger partial charge in [0.05, 0.1) is 22.1 Å². The van der Waals surface area contributed by atoms with Crippen LogP contribution in [-0.4, -0.2) is 45.5 Å². The SMILES string of the molecule is CC(=O)CC1CCc2c(cc(C)n2-c2ccccc2)C1=O.CC(=O)O.Cc1cc2c(ccc3cc(C)n(-c4cccc(-c5cccc(-n6c(C)cc7ccc8c(cc(C)n8-c8ccccc8)c76)c5)c4)c32)n1-c1ccccc1.Nc1cccc(-c2cccc(N)c2)c1.Nc1cccc(-c2cccc(N)c2)c1. The lowest BCUT2D eigenvalue weighted by Crippen LogP contribution is -2.24. The normalized spacial score (nSPS) is 12.3. The third-order valence-electron chi connectivity index (χ3n) is 19.2. The van der Waals surface area contributed by atoms with Crippen LogP contribution in [0, 0.1) is 40.5 Å². The number of rotatable bonds is 10. The molecule has 1 aliphatic rings. The summed E-state index contributed by atoms with van der Waals surface area (Å²) in [5.41, 5.74) is 51.2. The molecule has 1 unspecified atom stereocenters. The third-order valence-corrected chi connectivity index (χ3v) is 19.2. The zero-order valence-electron chi connectivity index (χ0n) is 60.1. The molecular formula is C92H85N9O4. The molecule has 105 heavy (non-hydrogen) atoms. The molecule has 13 nitrogen and oxygen atoms in total. The third kappa shape index (κ3) is 15.1. The molecule has 0 aliphatic heterocycles. The highest BCUT2D eigenvalue weighted by Gasteiger charge is 2.32. The maximum atomic E-state index is 12.6. The molecule has 0 saturated heterocycles. The Bertz CT molecular complexity index is 5490. The van der Waals surface area contributed by atoms with Gasteiger partial charge < -0.3 is 55.7 Å². The van der Waals surface area contributed by atoms with Crippen LogP contribution in [0.5, 0.6) is 0 Å². The summed E-state index contributed by atoms with van der Waals surface area (Å²) in [6.45, 7) is 13.5. The Labute approximate surface area is 612 Å². The maximum absolute atomic E-state index is 12.6. The molecule has 16 aromatic rings. The number of benzene rings is 11. The Hall–Kier alpha value is -13.1. The summed E-state index contributed by atoms with van der Waals surface area (Å²) >= 11 is 0. The zero-order chi connectivity index (χ0) is 73.6. The average Bonchev–Trinajstić information content (AvgIpc) is 1.59. The highest BCUT2D eigenvalue weighted by molar-refractivity contribution is 6.09.